The molecule has 0 aliphatic carbocycles. The zero-order valence-corrected chi connectivity index (χ0v) is 14.2. The first-order chi connectivity index (χ1) is 12.1. The van der Waals surface area contributed by atoms with E-state index in [4.69, 9.17) is 21.1 Å². The van der Waals surface area contributed by atoms with E-state index in [1.165, 1.54) is 4.90 Å². The van der Waals surface area contributed by atoms with Gasteiger partial charge >= 0.3 is 23.9 Å². The van der Waals surface area contributed by atoms with E-state index in [1.54, 1.807) is 0 Å². The van der Waals surface area contributed by atoms with Crippen LogP contribution >= 0.6 is 0 Å². The summed E-state index contributed by atoms with van der Waals surface area (Å²) in [5, 5.41) is 45.8. The average Bonchev–Trinajstić information content (AvgIpc) is 2.44. The molecule has 0 aliphatic heterocycles. The predicted molar refractivity (Wildman–Crippen MR) is 86.7 cm³/mol. The molecule has 0 unspecified atom stereocenters. The van der Waals surface area contributed by atoms with E-state index >= 15 is 0 Å². The van der Waals surface area contributed by atoms with E-state index < -0.39 is 55.3 Å². The number of hydrogen-bond acceptors (Lipinski definition) is 8. The van der Waals surface area contributed by atoms with E-state index in [0.29, 0.717) is 0 Å². The van der Waals surface area contributed by atoms with Crippen LogP contribution in [0.3, 0.4) is 0 Å². The highest BCUT2D eigenvalue weighted by Crippen LogP contribution is 2.26. The van der Waals surface area contributed by atoms with Crippen molar-refractivity contribution in [3.8, 4) is 0 Å². The number of carbonyl (C=O) groups is 4. The lowest BCUT2D eigenvalue weighted by Gasteiger charge is -2.43. The summed E-state index contributed by atoms with van der Waals surface area (Å²) in [5.74, 6) is -5.69. The van der Waals surface area contributed by atoms with E-state index in [0.717, 1.165) is 4.90 Å². The fraction of sp³-hybridized carbons (Fsp3) is 0.714. The van der Waals surface area contributed by atoms with Crippen LogP contribution in [-0.4, -0.2) is 111 Å². The number of nitrogens with zero attached hydrogens (tertiary/aromatic N) is 2. The van der Waals surface area contributed by atoms with Gasteiger partial charge in [-0.25, -0.2) is 0 Å². The zero-order valence-electron chi connectivity index (χ0n) is 14.2. The first-order valence-electron chi connectivity index (χ1n) is 7.72. The maximum atomic E-state index is 11.4. The number of carboxylic acid groups (broad SMARTS) is 4. The molecule has 12 nitrogen and oxygen atoms in total. The highest BCUT2D eigenvalue weighted by atomic mass is 16.4. The van der Waals surface area contributed by atoms with Gasteiger partial charge in [-0.05, 0) is 0 Å². The van der Waals surface area contributed by atoms with Gasteiger partial charge in [0.1, 0.15) is 0 Å². The lowest BCUT2D eigenvalue weighted by Crippen LogP contribution is -2.61. The summed E-state index contributed by atoms with van der Waals surface area (Å²) < 4.78 is 0. The summed E-state index contributed by atoms with van der Waals surface area (Å²) in [4.78, 5) is 47.3. The largest absolute Gasteiger partial charge is 0.481 e. The number of aliphatic hydroxyl groups excluding tert-OH is 1. The summed E-state index contributed by atoms with van der Waals surface area (Å²) in [6.45, 7) is -2.00. The molecule has 26 heavy (non-hydrogen) atoms. The van der Waals surface area contributed by atoms with Gasteiger partial charge in [0.15, 0.2) is 0 Å². The van der Waals surface area contributed by atoms with Crippen molar-refractivity contribution < 1.29 is 44.7 Å². The standard InChI is InChI=1S/C14H25N3O9/c15-1-2-16(3-4-18)9-14(5-10(19)20,6-11(21)22)17(7-12(23)24)8-13(25)26/h18H,1-9,15H2,(H,19,20)(H,21,22)(H,23,24)(H,25,26). The maximum absolute atomic E-state index is 11.4. The molecule has 0 rings (SSSR count). The monoisotopic (exact) mass is 379 g/mol. The van der Waals surface area contributed by atoms with Crippen molar-refractivity contribution in [1.82, 2.24) is 9.80 Å². The predicted octanol–water partition coefficient (Wildman–Crippen LogP) is -2.60. The van der Waals surface area contributed by atoms with E-state index in [2.05, 4.69) is 0 Å². The fourth-order valence-corrected chi connectivity index (χ4v) is 2.79. The molecule has 0 saturated heterocycles. The quantitative estimate of drug-likeness (QED) is 0.173. The van der Waals surface area contributed by atoms with Crippen LogP contribution in [-0.2, 0) is 19.2 Å². The molecule has 0 aliphatic rings. The Hall–Kier alpha value is -2.28. The molecule has 150 valence electrons. The number of aliphatic hydroxyl groups is 1. The topological polar surface area (TPSA) is 202 Å². The third kappa shape index (κ3) is 8.71. The molecular formula is C14H25N3O9. The third-order valence-corrected chi connectivity index (χ3v) is 3.66. The minimum Gasteiger partial charge on any atom is -0.481 e. The number of aliphatic carboxylic acids is 4. The lowest BCUT2D eigenvalue weighted by molar-refractivity contribution is -0.155. The van der Waals surface area contributed by atoms with Crippen LogP contribution in [0, 0.1) is 0 Å². The summed E-state index contributed by atoms with van der Waals surface area (Å²) in [7, 11) is 0. The molecule has 0 spiro atoms. The minimum absolute atomic E-state index is 0.0339. The highest BCUT2D eigenvalue weighted by Gasteiger charge is 2.44. The Balaban J connectivity index is 6.07. The molecule has 0 aromatic heterocycles. The molecule has 0 radical (unpaired) electrons. The van der Waals surface area contributed by atoms with E-state index in [9.17, 15) is 29.4 Å². The second kappa shape index (κ2) is 11.4. The first kappa shape index (κ1) is 23.7. The smallest absolute Gasteiger partial charge is 0.317 e. The molecule has 0 aromatic rings. The third-order valence-electron chi connectivity index (χ3n) is 3.66. The van der Waals surface area contributed by atoms with Gasteiger partial charge in [-0.2, -0.15) is 0 Å². The van der Waals surface area contributed by atoms with Gasteiger partial charge in [0.25, 0.3) is 0 Å². The van der Waals surface area contributed by atoms with Gasteiger partial charge in [0.2, 0.25) is 0 Å². The Bertz CT molecular complexity index is 474. The van der Waals surface area contributed by atoms with E-state index in [-0.39, 0.29) is 32.8 Å². The Morgan fingerprint density at radius 2 is 1.27 bits per heavy atom. The molecule has 0 atom stereocenters. The Morgan fingerprint density at radius 1 is 0.808 bits per heavy atom. The van der Waals surface area contributed by atoms with Gasteiger partial charge in [0.05, 0.1) is 38.1 Å². The van der Waals surface area contributed by atoms with Gasteiger partial charge < -0.3 is 31.3 Å². The van der Waals surface area contributed by atoms with Crippen LogP contribution in [0.1, 0.15) is 12.8 Å². The number of rotatable bonds is 15. The van der Waals surface area contributed by atoms with Gasteiger partial charge in [-0.15, -0.1) is 0 Å². The van der Waals surface area contributed by atoms with Crippen LogP contribution in [0.4, 0.5) is 0 Å². The molecule has 0 amide bonds. The molecule has 0 saturated carbocycles. The van der Waals surface area contributed by atoms with Crippen molar-refractivity contribution in [3.05, 3.63) is 0 Å². The van der Waals surface area contributed by atoms with Gasteiger partial charge in [-0.1, -0.05) is 0 Å². The van der Waals surface area contributed by atoms with Crippen molar-refractivity contribution in [1.29, 1.82) is 0 Å². The molecule has 0 bridgehead atoms. The normalized spacial score (nSPS) is 11.7. The zero-order chi connectivity index (χ0) is 20.3. The number of hydrogen-bond donors (Lipinski definition) is 6. The van der Waals surface area contributed by atoms with Crippen molar-refractivity contribution in [3.63, 3.8) is 0 Å². The van der Waals surface area contributed by atoms with E-state index in [1.807, 2.05) is 0 Å². The molecule has 7 N–H and O–H groups in total. The second-order valence-electron chi connectivity index (χ2n) is 5.80. The van der Waals surface area contributed by atoms with Crippen LogP contribution in [0.2, 0.25) is 0 Å². The summed E-state index contributed by atoms with van der Waals surface area (Å²) in [6, 6.07) is 0. The Kier molecular flexibility index (Phi) is 10.4. The second-order valence-corrected chi connectivity index (χ2v) is 5.80. The lowest BCUT2D eigenvalue weighted by atomic mass is 9.87. The van der Waals surface area contributed by atoms with Gasteiger partial charge in [0, 0.05) is 26.2 Å². The maximum Gasteiger partial charge on any atom is 0.317 e. The molecular weight excluding hydrogens is 354 g/mol. The summed E-state index contributed by atoms with van der Waals surface area (Å²) in [5.41, 5.74) is 3.64. The SMILES string of the molecule is NCCN(CCO)CC(CC(=O)O)(CC(=O)O)N(CC(=O)O)CC(=O)O. The van der Waals surface area contributed by atoms with Crippen LogP contribution < -0.4 is 5.73 Å². The summed E-state index contributed by atoms with van der Waals surface area (Å²) >= 11 is 0. The average molecular weight is 379 g/mol. The van der Waals surface area contributed by atoms with Crippen molar-refractivity contribution >= 4 is 23.9 Å². The summed E-state index contributed by atoms with van der Waals surface area (Å²) in [6.07, 6.45) is -1.60. The van der Waals surface area contributed by atoms with Crippen molar-refractivity contribution in [2.45, 2.75) is 18.4 Å². The Morgan fingerprint density at radius 3 is 1.58 bits per heavy atom. The van der Waals surface area contributed by atoms with Crippen LogP contribution in [0.15, 0.2) is 0 Å². The first-order valence-corrected chi connectivity index (χ1v) is 7.72. The highest BCUT2D eigenvalue weighted by molar-refractivity contribution is 5.76. The van der Waals surface area contributed by atoms with Crippen LogP contribution in [0.25, 0.3) is 0 Å². The minimum atomic E-state index is -1.82. The van der Waals surface area contributed by atoms with Crippen molar-refractivity contribution in [2.75, 3.05) is 45.9 Å². The van der Waals surface area contributed by atoms with Crippen molar-refractivity contribution in [2.24, 2.45) is 5.73 Å². The number of carboxylic acids is 4. The number of nitrogens with two attached hydrogens (primary N) is 1. The fourth-order valence-electron chi connectivity index (χ4n) is 2.79. The Labute approximate surface area is 149 Å². The molecule has 0 fully saturated rings. The van der Waals surface area contributed by atoms with Gasteiger partial charge in [-0.3, -0.25) is 29.0 Å². The molecule has 0 aromatic carbocycles. The molecule has 12 heteroatoms. The van der Waals surface area contributed by atoms with Crippen LogP contribution in [0.5, 0.6) is 0 Å². The molecule has 0 heterocycles.